The maximum Gasteiger partial charge on any atom is 0.132 e. The molecule has 1 rings (SSSR count). The minimum Gasteiger partial charge on any atom is -0.381 e. The number of nitrogens with zero attached hydrogens (tertiary/aromatic N) is 1. The van der Waals surface area contributed by atoms with Gasteiger partial charge in [0.15, 0.2) is 0 Å². The van der Waals surface area contributed by atoms with E-state index in [-0.39, 0.29) is 0 Å². The van der Waals surface area contributed by atoms with Crippen LogP contribution in [0.4, 0.5) is 0 Å². The first-order valence-electron chi connectivity index (χ1n) is 6.03. The predicted molar refractivity (Wildman–Crippen MR) is 61.0 cm³/mol. The number of Topliss-reactive ketones (excluding diaryl/α,β-unsaturated/α-hetero) is 1. The van der Waals surface area contributed by atoms with Gasteiger partial charge in [0.25, 0.3) is 0 Å². The Labute approximate surface area is 92.8 Å². The molecule has 1 saturated heterocycles. The molecule has 0 aromatic heterocycles. The average Bonchev–Trinajstić information content (AvgIpc) is 2.29. The minimum absolute atomic E-state index is 0.385. The van der Waals surface area contributed by atoms with Crippen molar-refractivity contribution in [2.45, 2.75) is 45.1 Å². The molecule has 0 saturated carbocycles. The molecular formula is C12H23NO2. The summed E-state index contributed by atoms with van der Waals surface area (Å²) in [5.41, 5.74) is 0. The Morgan fingerprint density at radius 1 is 1.40 bits per heavy atom. The summed E-state index contributed by atoms with van der Waals surface area (Å²) in [5, 5.41) is 0. The van der Waals surface area contributed by atoms with Crippen molar-refractivity contribution >= 4 is 5.78 Å². The number of carbonyl (C=O) groups is 1. The van der Waals surface area contributed by atoms with Crippen LogP contribution in [0.5, 0.6) is 0 Å². The molecule has 1 aliphatic rings. The number of ketones is 1. The highest BCUT2D eigenvalue weighted by Crippen LogP contribution is 2.13. The smallest absolute Gasteiger partial charge is 0.132 e. The third-order valence-corrected chi connectivity index (χ3v) is 3.17. The quantitative estimate of drug-likeness (QED) is 0.674. The normalized spacial score (nSPS) is 18.3. The van der Waals surface area contributed by atoms with Crippen molar-refractivity contribution in [3.63, 3.8) is 0 Å². The third kappa shape index (κ3) is 4.76. The topological polar surface area (TPSA) is 29.5 Å². The SMILES string of the molecule is CCC(=O)CCCN(C)C1CCOCC1. The highest BCUT2D eigenvalue weighted by Gasteiger charge is 2.17. The molecule has 0 unspecified atom stereocenters. The van der Waals surface area contributed by atoms with Gasteiger partial charge in [-0.1, -0.05) is 6.92 Å². The Morgan fingerprint density at radius 3 is 2.67 bits per heavy atom. The van der Waals surface area contributed by atoms with Crippen LogP contribution in [0.3, 0.4) is 0 Å². The molecule has 1 fully saturated rings. The number of rotatable bonds is 6. The molecule has 0 bridgehead atoms. The van der Waals surface area contributed by atoms with Crippen molar-refractivity contribution in [3.8, 4) is 0 Å². The lowest BCUT2D eigenvalue weighted by molar-refractivity contribution is -0.118. The van der Waals surface area contributed by atoms with Gasteiger partial charge in [0, 0.05) is 32.1 Å². The largest absolute Gasteiger partial charge is 0.381 e. The summed E-state index contributed by atoms with van der Waals surface area (Å²) < 4.78 is 5.33. The number of hydrogen-bond donors (Lipinski definition) is 0. The second kappa shape index (κ2) is 6.96. The van der Waals surface area contributed by atoms with Crippen LogP contribution in [0, 0.1) is 0 Å². The van der Waals surface area contributed by atoms with Crippen LogP contribution in [0.2, 0.25) is 0 Å². The first kappa shape index (κ1) is 12.7. The lowest BCUT2D eigenvalue weighted by atomic mass is 10.1. The van der Waals surface area contributed by atoms with Crippen molar-refractivity contribution < 1.29 is 9.53 Å². The Kier molecular flexibility index (Phi) is 5.88. The average molecular weight is 213 g/mol. The molecular weight excluding hydrogens is 190 g/mol. The standard InChI is InChI=1S/C12H23NO2/c1-3-12(14)5-4-8-13(2)11-6-9-15-10-7-11/h11H,3-10H2,1-2H3. The van der Waals surface area contributed by atoms with Crippen molar-refractivity contribution in [1.29, 1.82) is 0 Å². The molecule has 0 N–H and O–H groups in total. The Morgan fingerprint density at radius 2 is 2.07 bits per heavy atom. The van der Waals surface area contributed by atoms with Crippen molar-refractivity contribution in [3.05, 3.63) is 0 Å². The van der Waals surface area contributed by atoms with E-state index in [2.05, 4.69) is 11.9 Å². The summed E-state index contributed by atoms with van der Waals surface area (Å²) in [5.74, 6) is 0.385. The van der Waals surface area contributed by atoms with Gasteiger partial charge >= 0.3 is 0 Å². The van der Waals surface area contributed by atoms with E-state index >= 15 is 0 Å². The second-order valence-corrected chi connectivity index (χ2v) is 4.32. The van der Waals surface area contributed by atoms with Gasteiger partial charge in [0.1, 0.15) is 5.78 Å². The van der Waals surface area contributed by atoms with E-state index in [1.54, 1.807) is 0 Å². The summed E-state index contributed by atoms with van der Waals surface area (Å²) in [4.78, 5) is 13.5. The second-order valence-electron chi connectivity index (χ2n) is 4.32. The number of carbonyl (C=O) groups excluding carboxylic acids is 1. The van der Waals surface area contributed by atoms with Crippen LogP contribution in [-0.4, -0.2) is 43.5 Å². The summed E-state index contributed by atoms with van der Waals surface area (Å²) in [6.07, 6.45) is 4.70. The molecule has 0 radical (unpaired) electrons. The van der Waals surface area contributed by atoms with Gasteiger partial charge in [-0.15, -0.1) is 0 Å². The zero-order chi connectivity index (χ0) is 11.1. The molecule has 1 aliphatic heterocycles. The van der Waals surface area contributed by atoms with Gasteiger partial charge in [-0.05, 0) is 32.9 Å². The summed E-state index contributed by atoms with van der Waals surface area (Å²) in [6.45, 7) is 4.76. The van der Waals surface area contributed by atoms with Gasteiger partial charge in [-0.3, -0.25) is 4.79 Å². The van der Waals surface area contributed by atoms with Gasteiger partial charge in [0.05, 0.1) is 0 Å². The number of ether oxygens (including phenoxy) is 1. The van der Waals surface area contributed by atoms with E-state index < -0.39 is 0 Å². The highest BCUT2D eigenvalue weighted by atomic mass is 16.5. The molecule has 0 spiro atoms. The lowest BCUT2D eigenvalue weighted by Gasteiger charge is -2.31. The lowest BCUT2D eigenvalue weighted by Crippen LogP contribution is -2.37. The summed E-state index contributed by atoms with van der Waals surface area (Å²) in [7, 11) is 2.16. The van der Waals surface area contributed by atoms with Gasteiger partial charge in [-0.25, -0.2) is 0 Å². The first-order valence-corrected chi connectivity index (χ1v) is 6.03. The molecule has 0 aromatic rings. The van der Waals surface area contributed by atoms with Crippen LogP contribution in [0.15, 0.2) is 0 Å². The predicted octanol–water partition coefficient (Wildman–Crippen LogP) is 1.86. The highest BCUT2D eigenvalue weighted by molar-refractivity contribution is 5.77. The van der Waals surface area contributed by atoms with E-state index in [1.807, 2.05) is 6.92 Å². The molecule has 3 heteroatoms. The van der Waals surface area contributed by atoms with Gasteiger partial charge < -0.3 is 9.64 Å². The third-order valence-electron chi connectivity index (χ3n) is 3.17. The zero-order valence-corrected chi connectivity index (χ0v) is 10.00. The van der Waals surface area contributed by atoms with E-state index in [9.17, 15) is 4.79 Å². The fraction of sp³-hybridized carbons (Fsp3) is 0.917. The van der Waals surface area contributed by atoms with Gasteiger partial charge in [-0.2, -0.15) is 0 Å². The zero-order valence-electron chi connectivity index (χ0n) is 10.00. The van der Waals surface area contributed by atoms with E-state index in [0.29, 0.717) is 18.2 Å². The van der Waals surface area contributed by atoms with Gasteiger partial charge in [0.2, 0.25) is 0 Å². The summed E-state index contributed by atoms with van der Waals surface area (Å²) in [6, 6.07) is 0.662. The summed E-state index contributed by atoms with van der Waals surface area (Å²) >= 11 is 0. The fourth-order valence-corrected chi connectivity index (χ4v) is 2.01. The number of hydrogen-bond acceptors (Lipinski definition) is 3. The van der Waals surface area contributed by atoms with Crippen molar-refractivity contribution in [2.75, 3.05) is 26.8 Å². The van der Waals surface area contributed by atoms with Crippen LogP contribution in [0.25, 0.3) is 0 Å². The molecule has 3 nitrogen and oxygen atoms in total. The Balaban J connectivity index is 2.11. The maximum absolute atomic E-state index is 11.1. The molecule has 1 heterocycles. The Hall–Kier alpha value is -0.410. The van der Waals surface area contributed by atoms with E-state index in [1.165, 1.54) is 0 Å². The maximum atomic E-state index is 11.1. The molecule has 0 atom stereocenters. The van der Waals surface area contributed by atoms with Crippen LogP contribution in [0.1, 0.15) is 39.0 Å². The van der Waals surface area contributed by atoms with Crippen LogP contribution >= 0.6 is 0 Å². The fourth-order valence-electron chi connectivity index (χ4n) is 2.01. The molecule has 0 aromatic carbocycles. The minimum atomic E-state index is 0.385. The van der Waals surface area contributed by atoms with Crippen molar-refractivity contribution in [1.82, 2.24) is 4.90 Å². The van der Waals surface area contributed by atoms with Crippen LogP contribution in [-0.2, 0) is 9.53 Å². The monoisotopic (exact) mass is 213 g/mol. The van der Waals surface area contributed by atoms with E-state index in [0.717, 1.165) is 45.4 Å². The molecule has 0 aliphatic carbocycles. The molecule has 15 heavy (non-hydrogen) atoms. The Bertz CT molecular complexity index is 188. The van der Waals surface area contributed by atoms with Crippen LogP contribution < -0.4 is 0 Å². The van der Waals surface area contributed by atoms with E-state index in [4.69, 9.17) is 4.74 Å². The van der Waals surface area contributed by atoms with Crippen molar-refractivity contribution in [2.24, 2.45) is 0 Å². The molecule has 88 valence electrons. The first-order chi connectivity index (χ1) is 7.24. The molecule has 0 amide bonds.